The molecule has 0 unspecified atom stereocenters. The predicted molar refractivity (Wildman–Crippen MR) is 61.7 cm³/mol. The molecule has 1 aromatic carbocycles. The highest BCUT2D eigenvalue weighted by Crippen LogP contribution is 2.04. The average molecular weight is 224 g/mol. The third-order valence-electron chi connectivity index (χ3n) is 2.08. The van der Waals surface area contributed by atoms with E-state index in [1.54, 1.807) is 25.1 Å². The van der Waals surface area contributed by atoms with Crippen LogP contribution in [0.25, 0.3) is 0 Å². The Labute approximate surface area is 90.8 Å². The largest absolute Gasteiger partial charge is 0.462 e. The molecular weight excluding hydrogens is 208 g/mol. The van der Waals surface area contributed by atoms with Crippen molar-refractivity contribution in [3.63, 3.8) is 0 Å². The van der Waals surface area contributed by atoms with Crippen molar-refractivity contribution in [1.29, 1.82) is 0 Å². The Morgan fingerprint density at radius 1 is 1.47 bits per heavy atom. The molecule has 0 atom stereocenters. The van der Waals surface area contributed by atoms with Crippen LogP contribution in [0.15, 0.2) is 24.3 Å². The van der Waals surface area contributed by atoms with Crippen LogP contribution in [0.2, 0.25) is 13.1 Å². The van der Waals surface area contributed by atoms with Crippen LogP contribution < -0.4 is 5.19 Å². The maximum Gasteiger partial charge on any atom is 0.338 e. The van der Waals surface area contributed by atoms with Crippen molar-refractivity contribution in [3.05, 3.63) is 29.8 Å². The van der Waals surface area contributed by atoms with Gasteiger partial charge in [0.25, 0.3) is 0 Å². The second-order valence-electron chi connectivity index (χ2n) is 3.86. The minimum absolute atomic E-state index is 0.336. The fraction of sp³-hybridized carbons (Fsp3) is 0.364. The van der Waals surface area contributed by atoms with Crippen LogP contribution in [-0.2, 0) is 4.74 Å². The monoisotopic (exact) mass is 224 g/mol. The Hall–Kier alpha value is -1.13. The molecular formula is C11H16O3Si. The first-order valence-electron chi connectivity index (χ1n) is 4.95. The summed E-state index contributed by atoms with van der Waals surface area (Å²) in [7, 11) is -2.34. The van der Waals surface area contributed by atoms with E-state index in [2.05, 4.69) is 0 Å². The van der Waals surface area contributed by atoms with Crippen LogP contribution in [0.3, 0.4) is 0 Å². The van der Waals surface area contributed by atoms with Gasteiger partial charge in [-0.3, -0.25) is 0 Å². The van der Waals surface area contributed by atoms with E-state index in [0.29, 0.717) is 12.2 Å². The van der Waals surface area contributed by atoms with Crippen molar-refractivity contribution in [2.45, 2.75) is 20.0 Å². The first-order chi connectivity index (χ1) is 6.95. The predicted octanol–water partition coefficient (Wildman–Crippen LogP) is 1.27. The summed E-state index contributed by atoms with van der Waals surface area (Å²) in [6.07, 6.45) is 0. The average Bonchev–Trinajstić information content (AvgIpc) is 2.17. The summed E-state index contributed by atoms with van der Waals surface area (Å²) in [5.74, 6) is -0.336. The van der Waals surface area contributed by atoms with E-state index in [0.717, 1.165) is 5.19 Å². The lowest BCUT2D eigenvalue weighted by molar-refractivity contribution is 0.0526. The fourth-order valence-electron chi connectivity index (χ4n) is 1.24. The van der Waals surface area contributed by atoms with Gasteiger partial charge in [-0.15, -0.1) is 0 Å². The number of hydrogen-bond donors (Lipinski definition) is 1. The zero-order valence-corrected chi connectivity index (χ0v) is 10.3. The van der Waals surface area contributed by atoms with Crippen molar-refractivity contribution in [3.8, 4) is 0 Å². The fourth-order valence-corrected chi connectivity index (χ4v) is 2.25. The van der Waals surface area contributed by atoms with Crippen LogP contribution in [0, 0.1) is 0 Å². The van der Waals surface area contributed by atoms with E-state index in [1.807, 2.05) is 19.2 Å². The van der Waals surface area contributed by atoms with Crippen LogP contribution in [0.4, 0.5) is 0 Å². The number of hydrogen-bond acceptors (Lipinski definition) is 3. The second kappa shape index (κ2) is 4.59. The molecule has 0 radical (unpaired) electrons. The van der Waals surface area contributed by atoms with Crippen molar-refractivity contribution in [2.24, 2.45) is 0 Å². The third-order valence-corrected chi connectivity index (χ3v) is 3.80. The number of carbonyl (C=O) groups is 1. The van der Waals surface area contributed by atoms with Gasteiger partial charge in [-0.05, 0) is 37.3 Å². The van der Waals surface area contributed by atoms with Crippen molar-refractivity contribution >= 4 is 19.5 Å². The Kier molecular flexibility index (Phi) is 3.65. The van der Waals surface area contributed by atoms with Crippen LogP contribution in [-0.4, -0.2) is 25.7 Å². The maximum absolute atomic E-state index is 11.4. The molecule has 1 aromatic rings. The molecule has 1 rings (SSSR count). The lowest BCUT2D eigenvalue weighted by Gasteiger charge is -2.15. The first kappa shape index (κ1) is 11.9. The Bertz CT molecular complexity index is 355. The molecule has 0 aromatic heterocycles. The van der Waals surface area contributed by atoms with E-state index >= 15 is 0 Å². The number of esters is 1. The molecule has 0 aliphatic rings. The van der Waals surface area contributed by atoms with E-state index in [1.165, 1.54) is 0 Å². The van der Waals surface area contributed by atoms with Gasteiger partial charge >= 0.3 is 5.97 Å². The summed E-state index contributed by atoms with van der Waals surface area (Å²) in [4.78, 5) is 21.3. The van der Waals surface area contributed by atoms with Gasteiger partial charge in [0, 0.05) is 0 Å². The summed E-state index contributed by atoms with van der Waals surface area (Å²) in [6, 6.07) is 7.02. The third kappa shape index (κ3) is 3.18. The highest BCUT2D eigenvalue weighted by Gasteiger charge is 2.21. The molecule has 0 aliphatic carbocycles. The van der Waals surface area contributed by atoms with Gasteiger partial charge in [0.2, 0.25) is 8.32 Å². The zero-order chi connectivity index (χ0) is 11.5. The van der Waals surface area contributed by atoms with E-state index < -0.39 is 8.32 Å². The quantitative estimate of drug-likeness (QED) is 0.621. The number of ether oxygens (including phenoxy) is 1. The SMILES string of the molecule is CCOC(=O)c1cccc([Si](C)(C)O)c1. The van der Waals surface area contributed by atoms with Crippen LogP contribution >= 0.6 is 0 Å². The van der Waals surface area contributed by atoms with E-state index in [-0.39, 0.29) is 5.97 Å². The van der Waals surface area contributed by atoms with Crippen LogP contribution in [0.1, 0.15) is 17.3 Å². The number of benzene rings is 1. The van der Waals surface area contributed by atoms with Gasteiger partial charge in [-0.1, -0.05) is 12.1 Å². The summed E-state index contributed by atoms with van der Waals surface area (Å²) < 4.78 is 4.89. The minimum Gasteiger partial charge on any atom is -0.462 e. The van der Waals surface area contributed by atoms with Gasteiger partial charge in [0.15, 0.2) is 0 Å². The highest BCUT2D eigenvalue weighted by atomic mass is 28.4. The standard InChI is InChI=1S/C11H16O3Si/c1-4-14-11(12)9-6-5-7-10(8-9)15(2,3)13/h5-8,13H,4H2,1-3H3. The van der Waals surface area contributed by atoms with Crippen molar-refractivity contribution < 1.29 is 14.3 Å². The molecule has 0 fully saturated rings. The Morgan fingerprint density at radius 2 is 2.13 bits per heavy atom. The Balaban J connectivity index is 2.98. The number of rotatable bonds is 3. The summed E-state index contributed by atoms with van der Waals surface area (Å²) in [5, 5.41) is 0.841. The zero-order valence-electron chi connectivity index (χ0n) is 9.28. The smallest absolute Gasteiger partial charge is 0.338 e. The van der Waals surface area contributed by atoms with Gasteiger partial charge in [0.1, 0.15) is 0 Å². The molecule has 0 heterocycles. The summed E-state index contributed by atoms with van der Waals surface area (Å²) in [5.41, 5.74) is 0.504. The lowest BCUT2D eigenvalue weighted by atomic mass is 10.2. The van der Waals surface area contributed by atoms with Gasteiger partial charge in [-0.2, -0.15) is 0 Å². The molecule has 0 saturated heterocycles. The first-order valence-corrected chi connectivity index (χ1v) is 7.90. The lowest BCUT2D eigenvalue weighted by Crippen LogP contribution is -2.41. The van der Waals surface area contributed by atoms with Crippen molar-refractivity contribution in [2.75, 3.05) is 6.61 Å². The van der Waals surface area contributed by atoms with Gasteiger partial charge in [0.05, 0.1) is 12.2 Å². The molecule has 3 nitrogen and oxygen atoms in total. The normalized spacial score (nSPS) is 11.2. The molecule has 0 aliphatic heterocycles. The minimum atomic E-state index is -2.34. The van der Waals surface area contributed by atoms with E-state index in [9.17, 15) is 9.59 Å². The Morgan fingerprint density at radius 3 is 2.67 bits per heavy atom. The van der Waals surface area contributed by atoms with Crippen molar-refractivity contribution in [1.82, 2.24) is 0 Å². The van der Waals surface area contributed by atoms with E-state index in [4.69, 9.17) is 4.74 Å². The molecule has 4 heteroatoms. The molecule has 1 N–H and O–H groups in total. The molecule has 0 amide bonds. The molecule has 82 valence electrons. The molecule has 0 bridgehead atoms. The molecule has 15 heavy (non-hydrogen) atoms. The summed E-state index contributed by atoms with van der Waals surface area (Å²) in [6.45, 7) is 5.77. The number of carbonyl (C=O) groups excluding carboxylic acids is 1. The van der Waals surface area contributed by atoms with Gasteiger partial charge in [-0.25, -0.2) is 4.79 Å². The second-order valence-corrected chi connectivity index (χ2v) is 7.56. The summed E-state index contributed by atoms with van der Waals surface area (Å²) >= 11 is 0. The molecule has 0 spiro atoms. The maximum atomic E-state index is 11.4. The van der Waals surface area contributed by atoms with Crippen LogP contribution in [0.5, 0.6) is 0 Å². The van der Waals surface area contributed by atoms with Gasteiger partial charge < -0.3 is 9.53 Å². The highest BCUT2D eigenvalue weighted by molar-refractivity contribution is 6.83. The molecule has 0 saturated carbocycles. The topological polar surface area (TPSA) is 46.5 Å².